The predicted octanol–water partition coefficient (Wildman–Crippen LogP) is 3.39. The summed E-state index contributed by atoms with van der Waals surface area (Å²) >= 11 is 6.22. The van der Waals surface area contributed by atoms with Gasteiger partial charge in [0, 0.05) is 37.8 Å². The van der Waals surface area contributed by atoms with Gasteiger partial charge in [0.05, 0.1) is 16.4 Å². The molecule has 2 heterocycles. The summed E-state index contributed by atoms with van der Waals surface area (Å²) < 4.78 is 1.83. The van der Waals surface area contributed by atoms with Crippen LogP contribution in [0.2, 0.25) is 5.02 Å². The fourth-order valence-electron chi connectivity index (χ4n) is 3.33. The fourth-order valence-corrected chi connectivity index (χ4v) is 3.49. The smallest absolute Gasteiger partial charge is 0.227 e. The average molecular weight is 375 g/mol. The van der Waals surface area contributed by atoms with E-state index in [0.29, 0.717) is 36.5 Å². The highest BCUT2D eigenvalue weighted by molar-refractivity contribution is 6.33. The third-order valence-electron chi connectivity index (χ3n) is 4.87. The van der Waals surface area contributed by atoms with Gasteiger partial charge in [0.1, 0.15) is 0 Å². The molecule has 1 aliphatic rings. The highest BCUT2D eigenvalue weighted by Gasteiger charge is 2.22. The van der Waals surface area contributed by atoms with Crippen molar-refractivity contribution in [3.05, 3.63) is 40.2 Å². The summed E-state index contributed by atoms with van der Waals surface area (Å²) in [4.78, 5) is 26.0. The van der Waals surface area contributed by atoms with Gasteiger partial charge < -0.3 is 10.2 Å². The molecule has 7 heteroatoms. The largest absolute Gasteiger partial charge is 0.325 e. The maximum atomic E-state index is 12.4. The van der Waals surface area contributed by atoms with Gasteiger partial charge in [0.2, 0.25) is 11.8 Å². The first-order valence-corrected chi connectivity index (χ1v) is 9.13. The Kier molecular flexibility index (Phi) is 5.32. The summed E-state index contributed by atoms with van der Waals surface area (Å²) in [5, 5.41) is 7.71. The van der Waals surface area contributed by atoms with E-state index in [9.17, 15) is 9.59 Å². The number of hydrogen-bond acceptors (Lipinski definition) is 3. The summed E-state index contributed by atoms with van der Waals surface area (Å²) in [7, 11) is 1.90. The number of halogens is 1. The lowest BCUT2D eigenvalue weighted by molar-refractivity contribution is -0.117. The zero-order chi connectivity index (χ0) is 18.8. The van der Waals surface area contributed by atoms with E-state index in [1.807, 2.05) is 31.6 Å². The molecule has 0 atom stereocenters. The van der Waals surface area contributed by atoms with Crippen LogP contribution in [0.1, 0.15) is 36.2 Å². The molecule has 0 saturated carbocycles. The van der Waals surface area contributed by atoms with Crippen LogP contribution in [0.25, 0.3) is 0 Å². The van der Waals surface area contributed by atoms with Crippen molar-refractivity contribution in [1.29, 1.82) is 0 Å². The number of aryl methyl sites for hydroxylation is 2. The number of carbonyl (C=O) groups excluding carboxylic acids is 2. The van der Waals surface area contributed by atoms with Crippen LogP contribution in [0.3, 0.4) is 0 Å². The number of hydrogen-bond donors (Lipinski definition) is 1. The topological polar surface area (TPSA) is 67.2 Å². The van der Waals surface area contributed by atoms with Crippen molar-refractivity contribution in [3.8, 4) is 0 Å². The summed E-state index contributed by atoms with van der Waals surface area (Å²) in [6.07, 6.45) is 2.39. The van der Waals surface area contributed by atoms with Crippen LogP contribution in [0.5, 0.6) is 0 Å². The first-order valence-electron chi connectivity index (χ1n) is 8.75. The molecule has 26 heavy (non-hydrogen) atoms. The van der Waals surface area contributed by atoms with E-state index in [4.69, 9.17) is 11.6 Å². The lowest BCUT2D eigenvalue weighted by Gasteiger charge is -2.17. The normalized spacial score (nSPS) is 14.2. The molecular weight excluding hydrogens is 352 g/mol. The Morgan fingerprint density at radius 1 is 1.35 bits per heavy atom. The molecule has 0 spiro atoms. The van der Waals surface area contributed by atoms with Crippen molar-refractivity contribution >= 4 is 34.8 Å². The summed E-state index contributed by atoms with van der Waals surface area (Å²) in [5.74, 6) is -0.00780. The van der Waals surface area contributed by atoms with Crippen LogP contribution in [-0.2, 0) is 23.1 Å². The van der Waals surface area contributed by atoms with Gasteiger partial charge in [-0.15, -0.1) is 0 Å². The molecule has 3 rings (SSSR count). The maximum Gasteiger partial charge on any atom is 0.227 e. The summed E-state index contributed by atoms with van der Waals surface area (Å²) in [6.45, 7) is 4.65. The van der Waals surface area contributed by atoms with Gasteiger partial charge in [-0.1, -0.05) is 11.6 Å². The highest BCUT2D eigenvalue weighted by Crippen LogP contribution is 2.30. The molecule has 138 valence electrons. The van der Waals surface area contributed by atoms with Gasteiger partial charge in [0.25, 0.3) is 0 Å². The zero-order valence-corrected chi connectivity index (χ0v) is 16.1. The first kappa shape index (κ1) is 18.5. The molecule has 1 fully saturated rings. The third kappa shape index (κ3) is 3.75. The van der Waals surface area contributed by atoms with E-state index in [0.717, 1.165) is 29.1 Å². The minimum atomic E-state index is -0.112. The van der Waals surface area contributed by atoms with Crippen molar-refractivity contribution in [1.82, 2.24) is 9.78 Å². The van der Waals surface area contributed by atoms with Gasteiger partial charge in [0.15, 0.2) is 0 Å². The molecule has 1 N–H and O–H groups in total. The molecule has 0 radical (unpaired) electrons. The van der Waals surface area contributed by atoms with E-state index < -0.39 is 0 Å². The van der Waals surface area contributed by atoms with Crippen molar-refractivity contribution in [3.63, 3.8) is 0 Å². The average Bonchev–Trinajstić information content (AvgIpc) is 3.12. The van der Waals surface area contributed by atoms with E-state index in [-0.39, 0.29) is 11.8 Å². The van der Waals surface area contributed by atoms with Gasteiger partial charge in [-0.2, -0.15) is 5.10 Å². The van der Waals surface area contributed by atoms with Crippen LogP contribution < -0.4 is 10.2 Å². The Hall–Kier alpha value is -2.34. The molecule has 0 aliphatic carbocycles. The van der Waals surface area contributed by atoms with E-state index in [2.05, 4.69) is 10.4 Å². The van der Waals surface area contributed by atoms with Crippen LogP contribution in [0, 0.1) is 13.8 Å². The molecule has 2 amide bonds. The summed E-state index contributed by atoms with van der Waals surface area (Å²) in [5.41, 5.74) is 4.43. The van der Waals surface area contributed by atoms with Crippen molar-refractivity contribution < 1.29 is 9.59 Å². The standard InChI is InChI=1S/C19H23ClN4O2/c1-12-15(13(2)23(3)22-12)7-9-18(25)21-17-11-14(6-8-16(17)20)24-10-4-5-19(24)26/h6,8,11H,4-5,7,9-10H2,1-3H3,(H,21,25). The molecule has 0 unspecified atom stereocenters. The number of benzene rings is 1. The van der Waals surface area contributed by atoms with Gasteiger partial charge in [-0.05, 0) is 50.5 Å². The number of nitrogens with zero attached hydrogens (tertiary/aromatic N) is 3. The lowest BCUT2D eigenvalue weighted by atomic mass is 10.1. The number of rotatable bonds is 5. The van der Waals surface area contributed by atoms with Crippen molar-refractivity contribution in [2.24, 2.45) is 7.05 Å². The number of amides is 2. The van der Waals surface area contributed by atoms with Crippen LogP contribution >= 0.6 is 11.6 Å². The number of nitrogens with one attached hydrogen (secondary N) is 1. The van der Waals surface area contributed by atoms with E-state index in [1.54, 1.807) is 17.0 Å². The second kappa shape index (κ2) is 7.50. The van der Waals surface area contributed by atoms with Gasteiger partial charge >= 0.3 is 0 Å². The molecule has 1 aromatic heterocycles. The second-order valence-corrected chi connectivity index (χ2v) is 7.04. The number of anilines is 2. The molecular formula is C19H23ClN4O2. The fraction of sp³-hybridized carbons (Fsp3) is 0.421. The van der Waals surface area contributed by atoms with Crippen LogP contribution in [-0.4, -0.2) is 28.1 Å². The monoisotopic (exact) mass is 374 g/mol. The number of carbonyl (C=O) groups is 2. The minimum Gasteiger partial charge on any atom is -0.325 e. The molecule has 6 nitrogen and oxygen atoms in total. The van der Waals surface area contributed by atoms with Crippen molar-refractivity contribution in [2.75, 3.05) is 16.8 Å². The van der Waals surface area contributed by atoms with Gasteiger partial charge in [-0.25, -0.2) is 0 Å². The molecule has 1 aromatic carbocycles. The highest BCUT2D eigenvalue weighted by atomic mass is 35.5. The predicted molar refractivity (Wildman–Crippen MR) is 103 cm³/mol. The van der Waals surface area contributed by atoms with Gasteiger partial charge in [-0.3, -0.25) is 14.3 Å². The molecule has 0 bridgehead atoms. The Balaban J connectivity index is 1.68. The Labute approximate surface area is 158 Å². The Bertz CT molecular complexity index is 859. The second-order valence-electron chi connectivity index (χ2n) is 6.63. The van der Waals surface area contributed by atoms with Crippen LogP contribution in [0.4, 0.5) is 11.4 Å². The lowest BCUT2D eigenvalue weighted by Crippen LogP contribution is -2.23. The maximum absolute atomic E-state index is 12.4. The molecule has 1 aliphatic heterocycles. The zero-order valence-electron chi connectivity index (χ0n) is 15.3. The minimum absolute atomic E-state index is 0.104. The first-order chi connectivity index (χ1) is 12.4. The summed E-state index contributed by atoms with van der Waals surface area (Å²) in [6, 6.07) is 5.29. The van der Waals surface area contributed by atoms with E-state index in [1.165, 1.54) is 0 Å². The SMILES string of the molecule is Cc1nn(C)c(C)c1CCC(=O)Nc1cc(N2CCCC2=O)ccc1Cl. The molecule has 2 aromatic rings. The van der Waals surface area contributed by atoms with Crippen molar-refractivity contribution in [2.45, 2.75) is 39.5 Å². The van der Waals surface area contributed by atoms with Crippen LogP contribution in [0.15, 0.2) is 18.2 Å². The molecule has 1 saturated heterocycles. The number of aromatic nitrogens is 2. The van der Waals surface area contributed by atoms with E-state index >= 15 is 0 Å². The third-order valence-corrected chi connectivity index (χ3v) is 5.20. The Morgan fingerprint density at radius 2 is 2.12 bits per heavy atom. The Morgan fingerprint density at radius 3 is 2.73 bits per heavy atom. The quantitative estimate of drug-likeness (QED) is 0.872.